The molecule has 2 heterocycles. The smallest absolute Gasteiger partial charge is 0.416 e. The molecule has 0 fully saturated rings. The van der Waals surface area contributed by atoms with Crippen molar-refractivity contribution in [1.82, 2.24) is 0 Å². The Morgan fingerprint density at radius 1 is 0.328 bits per heavy atom. The van der Waals surface area contributed by atoms with E-state index in [4.69, 9.17) is 8.83 Å². The summed E-state index contributed by atoms with van der Waals surface area (Å²) in [6, 6.07) is 43.7. The first kappa shape index (κ1) is 41.8. The Labute approximate surface area is 374 Å². The third-order valence-corrected chi connectivity index (χ3v) is 12.2. The van der Waals surface area contributed by atoms with E-state index in [1.165, 1.54) is 36.4 Å². The fourth-order valence-electron chi connectivity index (χ4n) is 9.12. The van der Waals surface area contributed by atoms with Gasteiger partial charge in [0.05, 0.1) is 28.1 Å². The molecule has 0 saturated heterocycles. The molecule has 2 aromatic heterocycles. The number of hydrogen-bond donors (Lipinski definition) is 0. The third-order valence-electron chi connectivity index (χ3n) is 12.2. The van der Waals surface area contributed by atoms with Gasteiger partial charge in [0.15, 0.2) is 0 Å². The summed E-state index contributed by atoms with van der Waals surface area (Å²) in [6.07, 6.45) is -13.8. The minimum Gasteiger partial charge on any atom is -0.456 e. The molecule has 13 heteroatoms. The van der Waals surface area contributed by atoms with E-state index >= 15 is 0 Å². The summed E-state index contributed by atoms with van der Waals surface area (Å²) in [5.41, 5.74) is 3.14. The first-order chi connectivity index (χ1) is 32.0. The van der Waals surface area contributed by atoms with Crippen LogP contribution in [0.3, 0.4) is 0 Å². The Balaban J connectivity index is 1.16. The summed E-state index contributed by atoms with van der Waals surface area (Å²) < 4.78 is 137. The predicted molar refractivity (Wildman–Crippen MR) is 245 cm³/mol. The molecule has 0 saturated carbocycles. The van der Waals surface area contributed by atoms with Gasteiger partial charge in [0.1, 0.15) is 22.3 Å². The Hall–Kier alpha value is -7.93. The molecule has 0 N–H and O–H groups in total. The second-order valence-electron chi connectivity index (χ2n) is 16.3. The molecule has 0 amide bonds. The number of furan rings is 2. The number of aryl methyl sites for hydroxylation is 1. The maximum Gasteiger partial charge on any atom is 0.416 e. The highest BCUT2D eigenvalue weighted by atomic mass is 19.4. The van der Waals surface area contributed by atoms with Gasteiger partial charge in [-0.3, -0.25) is 0 Å². The number of alkyl halides is 9. The second-order valence-corrected chi connectivity index (χ2v) is 16.3. The zero-order chi connectivity index (χ0) is 46.6. The molecule has 9 aromatic carbocycles. The van der Waals surface area contributed by atoms with E-state index in [9.17, 15) is 39.5 Å². The lowest BCUT2D eigenvalue weighted by Crippen LogP contribution is -2.12. The molecule has 0 aliphatic rings. The maximum atomic E-state index is 13.8. The highest BCUT2D eigenvalue weighted by Crippen LogP contribution is 2.51. The highest BCUT2D eigenvalue weighted by Gasteiger charge is 2.33. The van der Waals surface area contributed by atoms with E-state index < -0.39 is 35.2 Å². The van der Waals surface area contributed by atoms with Crippen molar-refractivity contribution in [3.05, 3.63) is 192 Å². The van der Waals surface area contributed by atoms with Gasteiger partial charge < -0.3 is 18.6 Å². The van der Waals surface area contributed by atoms with Crippen molar-refractivity contribution >= 4 is 99.5 Å². The Kier molecular flexibility index (Phi) is 9.38. The van der Waals surface area contributed by atoms with Crippen LogP contribution in [0, 0.1) is 6.92 Å². The van der Waals surface area contributed by atoms with Crippen molar-refractivity contribution in [2.75, 3.05) is 9.80 Å². The average Bonchev–Trinajstić information content (AvgIpc) is 3.88. The minimum atomic E-state index is -4.63. The number of benzene rings is 9. The second kappa shape index (κ2) is 15.1. The molecule has 0 atom stereocenters. The van der Waals surface area contributed by atoms with Gasteiger partial charge in [0, 0.05) is 67.2 Å². The zero-order valence-electron chi connectivity index (χ0n) is 34.8. The molecule has 0 spiro atoms. The molecule has 0 aliphatic heterocycles. The van der Waals surface area contributed by atoms with Crippen molar-refractivity contribution in [2.45, 2.75) is 25.5 Å². The van der Waals surface area contributed by atoms with E-state index in [0.717, 1.165) is 63.5 Å². The van der Waals surface area contributed by atoms with Crippen LogP contribution in [-0.2, 0) is 18.5 Å². The first-order valence-electron chi connectivity index (χ1n) is 20.9. The van der Waals surface area contributed by atoms with Crippen LogP contribution in [0.4, 0.5) is 73.6 Å². The van der Waals surface area contributed by atoms with Gasteiger partial charge in [-0.1, -0.05) is 66.2 Å². The van der Waals surface area contributed by atoms with E-state index in [0.29, 0.717) is 66.6 Å². The summed E-state index contributed by atoms with van der Waals surface area (Å²) in [5.74, 6) is 0. The lowest BCUT2D eigenvalue weighted by molar-refractivity contribution is -0.138. The summed E-state index contributed by atoms with van der Waals surface area (Å²) in [7, 11) is 0. The zero-order valence-corrected chi connectivity index (χ0v) is 34.8. The Bertz CT molecular complexity index is 3640. The van der Waals surface area contributed by atoms with Crippen LogP contribution in [-0.4, -0.2) is 0 Å². The fourth-order valence-corrected chi connectivity index (χ4v) is 9.12. The number of anilines is 6. The van der Waals surface area contributed by atoms with Gasteiger partial charge >= 0.3 is 18.5 Å². The van der Waals surface area contributed by atoms with Crippen molar-refractivity contribution in [3.8, 4) is 0 Å². The molecule has 0 unspecified atom stereocenters. The monoisotopic (exact) mass is 910 g/mol. The first-order valence-corrected chi connectivity index (χ1v) is 20.9. The summed E-state index contributed by atoms with van der Waals surface area (Å²) in [4.78, 5) is 3.50. The van der Waals surface area contributed by atoms with Crippen LogP contribution in [0.2, 0.25) is 0 Å². The SMILES string of the molecule is Cc1ccc(N(c2ccc(C(F)(F)F)cc2)c2cc3oc4ccc5oc6cc(N(c7ccc(C(F)(F)F)cc7)c7ccc(C(F)(F)F)cc7)c7ccccc7c6c5c4c3c3ccccc23)cc1. The molecule has 4 nitrogen and oxygen atoms in total. The van der Waals surface area contributed by atoms with Crippen LogP contribution in [0.25, 0.3) is 65.4 Å². The topological polar surface area (TPSA) is 32.8 Å². The quantitative estimate of drug-likeness (QED) is 0.156. The van der Waals surface area contributed by atoms with Gasteiger partial charge in [-0.15, -0.1) is 0 Å². The number of halogens is 9. The largest absolute Gasteiger partial charge is 0.456 e. The van der Waals surface area contributed by atoms with Crippen LogP contribution in [0.15, 0.2) is 179 Å². The number of fused-ring (bicyclic) bond motifs is 11. The van der Waals surface area contributed by atoms with Crippen LogP contribution < -0.4 is 9.80 Å². The van der Waals surface area contributed by atoms with E-state index in [1.807, 2.05) is 84.6 Å². The fraction of sp³-hybridized carbons (Fsp3) is 0.0741. The lowest BCUT2D eigenvalue weighted by Gasteiger charge is -2.27. The van der Waals surface area contributed by atoms with Gasteiger partial charge in [-0.05, 0) is 115 Å². The molecule has 11 rings (SSSR count). The predicted octanol–water partition coefficient (Wildman–Crippen LogP) is 18.1. The molecule has 0 bridgehead atoms. The molecule has 0 aliphatic carbocycles. The van der Waals surface area contributed by atoms with Crippen LogP contribution in [0.1, 0.15) is 22.3 Å². The number of hydrogen-bond acceptors (Lipinski definition) is 4. The summed E-state index contributed by atoms with van der Waals surface area (Å²) in [5, 5.41) is 5.76. The molecular weight excluding hydrogens is 880 g/mol. The van der Waals surface area contributed by atoms with Crippen molar-refractivity contribution < 1.29 is 48.3 Å². The van der Waals surface area contributed by atoms with Gasteiger partial charge in [-0.2, -0.15) is 39.5 Å². The summed E-state index contributed by atoms with van der Waals surface area (Å²) in [6.45, 7) is 1.95. The molecule has 67 heavy (non-hydrogen) atoms. The van der Waals surface area contributed by atoms with Crippen molar-refractivity contribution in [3.63, 3.8) is 0 Å². The van der Waals surface area contributed by atoms with Crippen LogP contribution >= 0.6 is 0 Å². The van der Waals surface area contributed by atoms with E-state index in [1.54, 1.807) is 29.2 Å². The molecule has 332 valence electrons. The normalized spacial score (nSPS) is 12.6. The van der Waals surface area contributed by atoms with Crippen LogP contribution in [0.5, 0.6) is 0 Å². The lowest BCUT2D eigenvalue weighted by atomic mass is 9.96. The highest BCUT2D eigenvalue weighted by molar-refractivity contribution is 6.35. The standard InChI is InChI=1S/C54H31F9N2O2/c1-30-10-18-34(19-11-30)64(35-20-12-31(13-21-35)52(55,56)57)42-28-46-48(40-8-4-2-6-38(40)42)50-44(66-46)26-27-45-51(50)49-41-9-5-3-7-39(41)43(29-47(49)67-45)65(36-22-14-32(15-23-36)53(58,59)60)37-24-16-33(17-25-37)54(61,62)63/h2-29H,1H3. The van der Waals surface area contributed by atoms with E-state index in [-0.39, 0.29) is 11.4 Å². The van der Waals surface area contributed by atoms with Gasteiger partial charge in [0.2, 0.25) is 0 Å². The van der Waals surface area contributed by atoms with Gasteiger partial charge in [0.25, 0.3) is 0 Å². The average molecular weight is 911 g/mol. The van der Waals surface area contributed by atoms with Crippen molar-refractivity contribution in [2.24, 2.45) is 0 Å². The minimum absolute atomic E-state index is 0.259. The molecule has 0 radical (unpaired) electrons. The van der Waals surface area contributed by atoms with E-state index in [2.05, 4.69) is 0 Å². The van der Waals surface area contributed by atoms with Gasteiger partial charge in [-0.25, -0.2) is 0 Å². The molecule has 11 aromatic rings. The number of nitrogens with zero attached hydrogens (tertiary/aromatic N) is 2. The Morgan fingerprint density at radius 2 is 0.627 bits per heavy atom. The molecular formula is C54H31F9N2O2. The van der Waals surface area contributed by atoms with Crippen molar-refractivity contribution in [1.29, 1.82) is 0 Å². The maximum absolute atomic E-state index is 13.8. The number of rotatable bonds is 6. The third kappa shape index (κ3) is 7.04. The Morgan fingerprint density at radius 3 is 0.940 bits per heavy atom. The summed E-state index contributed by atoms with van der Waals surface area (Å²) >= 11 is 0.